The fourth-order valence-corrected chi connectivity index (χ4v) is 3.24. The average molecular weight is 358 g/mol. The highest BCUT2D eigenvalue weighted by molar-refractivity contribution is 5.78. The zero-order valence-corrected chi connectivity index (χ0v) is 15.6. The van der Waals surface area contributed by atoms with Crippen LogP contribution in [0.2, 0.25) is 0 Å². The SMILES string of the molecule is COCc1nc([C@H]2CCCCN2C(=O)COc2cc(C)ccc2C)n[nH]1. The van der Waals surface area contributed by atoms with E-state index in [4.69, 9.17) is 9.47 Å². The van der Waals surface area contributed by atoms with Gasteiger partial charge in [-0.2, -0.15) is 5.10 Å². The predicted molar refractivity (Wildman–Crippen MR) is 96.8 cm³/mol. The highest BCUT2D eigenvalue weighted by Gasteiger charge is 2.31. The van der Waals surface area contributed by atoms with E-state index >= 15 is 0 Å². The van der Waals surface area contributed by atoms with Gasteiger partial charge in [0, 0.05) is 13.7 Å². The summed E-state index contributed by atoms with van der Waals surface area (Å²) in [6.45, 7) is 5.09. The van der Waals surface area contributed by atoms with Gasteiger partial charge < -0.3 is 14.4 Å². The lowest BCUT2D eigenvalue weighted by Gasteiger charge is -2.34. The Labute approximate surface area is 153 Å². The molecule has 2 aromatic rings. The van der Waals surface area contributed by atoms with Crippen molar-refractivity contribution in [2.24, 2.45) is 0 Å². The zero-order valence-electron chi connectivity index (χ0n) is 15.6. The normalized spacial score (nSPS) is 17.3. The number of amides is 1. The third kappa shape index (κ3) is 4.22. The molecule has 2 heterocycles. The van der Waals surface area contributed by atoms with E-state index < -0.39 is 0 Å². The lowest BCUT2D eigenvalue weighted by molar-refractivity contribution is -0.137. The minimum atomic E-state index is -0.111. The van der Waals surface area contributed by atoms with E-state index in [1.54, 1.807) is 7.11 Å². The summed E-state index contributed by atoms with van der Waals surface area (Å²) >= 11 is 0. The summed E-state index contributed by atoms with van der Waals surface area (Å²) in [5.41, 5.74) is 2.14. The number of nitrogens with one attached hydrogen (secondary N) is 1. The molecular formula is C19H26N4O3. The Morgan fingerprint density at radius 2 is 2.19 bits per heavy atom. The second-order valence-corrected chi connectivity index (χ2v) is 6.73. The topological polar surface area (TPSA) is 80.3 Å². The predicted octanol–water partition coefficient (Wildman–Crippen LogP) is 2.70. The first kappa shape index (κ1) is 18.4. The van der Waals surface area contributed by atoms with Crippen LogP contribution in [0.4, 0.5) is 0 Å². The fourth-order valence-electron chi connectivity index (χ4n) is 3.24. The first-order valence-electron chi connectivity index (χ1n) is 8.98. The van der Waals surface area contributed by atoms with E-state index in [1.165, 1.54) is 0 Å². The quantitative estimate of drug-likeness (QED) is 0.859. The van der Waals surface area contributed by atoms with Crippen LogP contribution < -0.4 is 4.74 Å². The van der Waals surface area contributed by atoms with Crippen molar-refractivity contribution in [2.75, 3.05) is 20.3 Å². The summed E-state index contributed by atoms with van der Waals surface area (Å²) in [5.74, 6) is 2.05. The van der Waals surface area contributed by atoms with Crippen molar-refractivity contribution >= 4 is 5.91 Å². The molecular weight excluding hydrogens is 332 g/mol. The lowest BCUT2D eigenvalue weighted by Crippen LogP contribution is -2.41. The number of rotatable bonds is 6. The van der Waals surface area contributed by atoms with Gasteiger partial charge in [0.15, 0.2) is 18.3 Å². The van der Waals surface area contributed by atoms with E-state index in [2.05, 4.69) is 15.2 Å². The van der Waals surface area contributed by atoms with Gasteiger partial charge in [-0.05, 0) is 50.3 Å². The standard InChI is InChI=1S/C19H26N4O3/c1-13-7-8-14(2)16(10-13)26-12-18(24)23-9-5-4-6-15(23)19-20-17(11-25-3)21-22-19/h7-8,10,15H,4-6,9,11-12H2,1-3H3,(H,20,21,22)/t15-/m1/s1. The fraction of sp³-hybridized carbons (Fsp3) is 0.526. The average Bonchev–Trinajstić information content (AvgIpc) is 3.11. The number of H-pyrrole nitrogens is 1. The number of piperidine rings is 1. The van der Waals surface area contributed by atoms with Crippen LogP contribution in [0.15, 0.2) is 18.2 Å². The van der Waals surface area contributed by atoms with Crippen LogP contribution in [0.3, 0.4) is 0 Å². The molecule has 1 aromatic heterocycles. The Kier molecular flexibility index (Phi) is 5.88. The molecule has 1 N–H and O–H groups in total. The summed E-state index contributed by atoms with van der Waals surface area (Å²) < 4.78 is 10.9. The van der Waals surface area contributed by atoms with Crippen molar-refractivity contribution in [1.82, 2.24) is 20.1 Å². The van der Waals surface area contributed by atoms with Crippen molar-refractivity contribution < 1.29 is 14.3 Å². The number of nitrogens with zero attached hydrogens (tertiary/aromatic N) is 3. The first-order chi connectivity index (χ1) is 12.6. The Bertz CT molecular complexity index is 759. The minimum Gasteiger partial charge on any atom is -0.483 e. The Balaban J connectivity index is 1.68. The maximum atomic E-state index is 12.8. The van der Waals surface area contributed by atoms with Crippen molar-refractivity contribution in [3.8, 4) is 5.75 Å². The molecule has 140 valence electrons. The van der Waals surface area contributed by atoms with E-state index in [0.717, 1.165) is 36.1 Å². The molecule has 1 aliphatic rings. The Morgan fingerprint density at radius 3 is 3.00 bits per heavy atom. The van der Waals surface area contributed by atoms with Gasteiger partial charge in [0.2, 0.25) is 0 Å². The molecule has 1 aliphatic heterocycles. The molecule has 0 bridgehead atoms. The number of aromatic nitrogens is 3. The molecule has 1 amide bonds. The number of methoxy groups -OCH3 is 1. The minimum absolute atomic E-state index is 0.0240. The van der Waals surface area contributed by atoms with Crippen LogP contribution in [0.1, 0.15) is 48.1 Å². The molecule has 7 nitrogen and oxygen atoms in total. The second kappa shape index (κ2) is 8.31. The number of benzene rings is 1. The Hall–Kier alpha value is -2.41. The van der Waals surface area contributed by atoms with Gasteiger partial charge in [0.1, 0.15) is 12.4 Å². The van der Waals surface area contributed by atoms with Gasteiger partial charge in [-0.1, -0.05) is 12.1 Å². The number of ether oxygens (including phenoxy) is 2. The number of hydrogen-bond acceptors (Lipinski definition) is 5. The van der Waals surface area contributed by atoms with Crippen LogP contribution >= 0.6 is 0 Å². The van der Waals surface area contributed by atoms with Crippen LogP contribution in [0.5, 0.6) is 5.75 Å². The Morgan fingerprint density at radius 1 is 1.35 bits per heavy atom. The van der Waals surface area contributed by atoms with Gasteiger partial charge in [0.25, 0.3) is 5.91 Å². The third-order valence-corrected chi connectivity index (χ3v) is 4.65. The molecule has 26 heavy (non-hydrogen) atoms. The van der Waals surface area contributed by atoms with E-state index in [-0.39, 0.29) is 18.6 Å². The molecule has 7 heteroatoms. The molecule has 1 saturated heterocycles. The number of aryl methyl sites for hydroxylation is 2. The summed E-state index contributed by atoms with van der Waals surface area (Å²) in [4.78, 5) is 19.1. The second-order valence-electron chi connectivity index (χ2n) is 6.73. The zero-order chi connectivity index (χ0) is 18.5. The highest BCUT2D eigenvalue weighted by Crippen LogP contribution is 2.29. The van der Waals surface area contributed by atoms with E-state index in [0.29, 0.717) is 24.8 Å². The molecule has 0 radical (unpaired) electrons. The van der Waals surface area contributed by atoms with Crippen molar-refractivity contribution in [3.05, 3.63) is 41.0 Å². The smallest absolute Gasteiger partial charge is 0.261 e. The maximum Gasteiger partial charge on any atom is 0.261 e. The number of likely N-dealkylation sites (tertiary alicyclic amines) is 1. The van der Waals surface area contributed by atoms with Crippen molar-refractivity contribution in [1.29, 1.82) is 0 Å². The largest absolute Gasteiger partial charge is 0.483 e. The summed E-state index contributed by atoms with van der Waals surface area (Å²) in [6.07, 6.45) is 2.90. The third-order valence-electron chi connectivity index (χ3n) is 4.65. The highest BCUT2D eigenvalue weighted by atomic mass is 16.5. The number of aromatic amines is 1. The summed E-state index contributed by atoms with van der Waals surface area (Å²) in [7, 11) is 1.61. The molecule has 0 spiro atoms. The number of carbonyl (C=O) groups is 1. The molecule has 0 aliphatic carbocycles. The van der Waals surface area contributed by atoms with Crippen LogP contribution in [-0.2, 0) is 16.1 Å². The van der Waals surface area contributed by atoms with Crippen LogP contribution in [0.25, 0.3) is 0 Å². The van der Waals surface area contributed by atoms with Gasteiger partial charge >= 0.3 is 0 Å². The lowest BCUT2D eigenvalue weighted by atomic mass is 10.0. The molecule has 0 saturated carbocycles. The molecule has 1 fully saturated rings. The molecule has 1 atom stereocenters. The van der Waals surface area contributed by atoms with Crippen molar-refractivity contribution in [3.63, 3.8) is 0 Å². The number of hydrogen-bond donors (Lipinski definition) is 1. The monoisotopic (exact) mass is 358 g/mol. The summed E-state index contributed by atoms with van der Waals surface area (Å²) in [5, 5.41) is 7.16. The van der Waals surface area contributed by atoms with Gasteiger partial charge in [-0.3, -0.25) is 9.89 Å². The van der Waals surface area contributed by atoms with Crippen LogP contribution in [-0.4, -0.2) is 46.2 Å². The van der Waals surface area contributed by atoms with Crippen LogP contribution in [0, 0.1) is 13.8 Å². The summed E-state index contributed by atoms with van der Waals surface area (Å²) in [6, 6.07) is 5.89. The van der Waals surface area contributed by atoms with E-state index in [1.807, 2.05) is 36.9 Å². The first-order valence-corrected chi connectivity index (χ1v) is 8.98. The molecule has 0 unspecified atom stereocenters. The maximum absolute atomic E-state index is 12.8. The number of carbonyl (C=O) groups excluding carboxylic acids is 1. The van der Waals surface area contributed by atoms with Gasteiger partial charge in [-0.15, -0.1) is 0 Å². The van der Waals surface area contributed by atoms with Gasteiger partial charge in [0.05, 0.1) is 6.04 Å². The van der Waals surface area contributed by atoms with Crippen molar-refractivity contribution in [2.45, 2.75) is 45.8 Å². The molecule has 3 rings (SSSR count). The van der Waals surface area contributed by atoms with E-state index in [9.17, 15) is 4.79 Å². The molecule has 1 aromatic carbocycles. The van der Waals surface area contributed by atoms with Gasteiger partial charge in [-0.25, -0.2) is 4.98 Å².